The van der Waals surface area contributed by atoms with Gasteiger partial charge in [-0.2, -0.15) is 0 Å². The average molecular weight is 533 g/mol. The number of nitrogens with one attached hydrogen (secondary N) is 2. The Morgan fingerprint density at radius 3 is 2.26 bits per heavy atom. The summed E-state index contributed by atoms with van der Waals surface area (Å²) < 4.78 is 0. The van der Waals surface area contributed by atoms with Gasteiger partial charge in [0.2, 0.25) is 5.91 Å². The van der Waals surface area contributed by atoms with Crippen molar-refractivity contribution in [2.45, 2.75) is 77.5 Å². The van der Waals surface area contributed by atoms with Gasteiger partial charge in [0.25, 0.3) is 11.8 Å². The second-order valence-electron chi connectivity index (χ2n) is 11.8. The summed E-state index contributed by atoms with van der Waals surface area (Å²) in [6, 6.07) is 8.43. The number of anilines is 1. The van der Waals surface area contributed by atoms with Crippen molar-refractivity contribution in [1.29, 1.82) is 0 Å². The molecule has 1 aliphatic carbocycles. The number of aromatic nitrogens is 1. The third-order valence-corrected chi connectivity index (χ3v) is 8.78. The van der Waals surface area contributed by atoms with Crippen LogP contribution in [0.25, 0.3) is 0 Å². The molecule has 9 nitrogen and oxygen atoms in total. The number of nitrogens with zero attached hydrogens (tertiary/aromatic N) is 3. The Bertz CT molecular complexity index is 1250. The van der Waals surface area contributed by atoms with Crippen LogP contribution >= 0.6 is 0 Å². The minimum absolute atomic E-state index is 0.0590. The summed E-state index contributed by atoms with van der Waals surface area (Å²) >= 11 is 0. The predicted molar refractivity (Wildman–Crippen MR) is 151 cm³/mol. The molecule has 3 atom stereocenters. The number of aryl methyl sites for hydroxylation is 2. The number of fused-ring (bicyclic) bond motifs is 1. The molecule has 9 heteroatoms. The molecule has 3 amide bonds. The molecule has 0 bridgehead atoms. The van der Waals surface area contributed by atoms with Crippen LogP contribution in [0.4, 0.5) is 5.82 Å². The molecule has 2 saturated heterocycles. The number of carbonyl (C=O) groups excluding carboxylic acids is 3. The van der Waals surface area contributed by atoms with Gasteiger partial charge in [-0.15, -0.1) is 0 Å². The van der Waals surface area contributed by atoms with Gasteiger partial charge in [-0.1, -0.05) is 0 Å². The highest BCUT2D eigenvalue weighted by Crippen LogP contribution is 2.40. The Morgan fingerprint density at radius 2 is 1.64 bits per heavy atom. The van der Waals surface area contributed by atoms with Crippen LogP contribution in [0.15, 0.2) is 30.5 Å². The first-order chi connectivity index (χ1) is 18.6. The molecule has 3 heterocycles. The van der Waals surface area contributed by atoms with Gasteiger partial charge in [0.05, 0.1) is 11.6 Å². The zero-order chi connectivity index (χ0) is 27.8. The van der Waals surface area contributed by atoms with E-state index in [0.29, 0.717) is 40.3 Å². The first-order valence-electron chi connectivity index (χ1n) is 14.1. The van der Waals surface area contributed by atoms with Crippen molar-refractivity contribution in [2.75, 3.05) is 24.5 Å². The van der Waals surface area contributed by atoms with Crippen LogP contribution in [0.5, 0.6) is 0 Å². The zero-order valence-corrected chi connectivity index (χ0v) is 23.4. The Kier molecular flexibility index (Phi) is 7.62. The van der Waals surface area contributed by atoms with Crippen LogP contribution in [-0.4, -0.2) is 71.4 Å². The van der Waals surface area contributed by atoms with Crippen molar-refractivity contribution >= 4 is 23.5 Å². The molecule has 2 aromatic rings. The van der Waals surface area contributed by atoms with Crippen LogP contribution < -0.4 is 21.3 Å². The molecular formula is C30H40N6O3. The quantitative estimate of drug-likeness (QED) is 0.504. The van der Waals surface area contributed by atoms with Crippen molar-refractivity contribution in [3.8, 4) is 0 Å². The van der Waals surface area contributed by atoms with Gasteiger partial charge in [-0.25, -0.2) is 4.98 Å². The number of primary amides is 1. The van der Waals surface area contributed by atoms with E-state index in [9.17, 15) is 14.4 Å². The largest absolute Gasteiger partial charge is 0.366 e. The van der Waals surface area contributed by atoms with Crippen LogP contribution in [0.2, 0.25) is 0 Å². The fourth-order valence-electron chi connectivity index (χ4n) is 6.17. The number of carbonyl (C=O) groups is 3. The highest BCUT2D eigenvalue weighted by Gasteiger charge is 2.40. The Labute approximate surface area is 230 Å². The van der Waals surface area contributed by atoms with Gasteiger partial charge in [0.1, 0.15) is 5.82 Å². The normalized spacial score (nSPS) is 23.3. The van der Waals surface area contributed by atoms with Gasteiger partial charge in [0.15, 0.2) is 0 Å². The summed E-state index contributed by atoms with van der Waals surface area (Å²) in [5, 5.41) is 6.36. The fourth-order valence-corrected chi connectivity index (χ4v) is 6.17. The van der Waals surface area contributed by atoms with Gasteiger partial charge in [-0.05, 0) is 94.7 Å². The SMILES string of the molecule is Cc1cc(C(=O)NC2CCN(c3ccc(C(=O)NC4CN(C(C)C)C4)cn3)C3CCC3C2)c(C)cc1C(N)=O. The highest BCUT2D eigenvalue weighted by molar-refractivity contribution is 5.99. The number of amides is 3. The minimum atomic E-state index is -0.485. The number of likely N-dealkylation sites (tertiary alicyclic amines) is 1. The van der Waals surface area contributed by atoms with Crippen molar-refractivity contribution in [2.24, 2.45) is 11.7 Å². The van der Waals surface area contributed by atoms with Gasteiger partial charge in [0, 0.05) is 55.1 Å². The number of hydrogen-bond acceptors (Lipinski definition) is 6. The molecule has 1 aromatic carbocycles. The molecule has 3 aliphatic rings. The van der Waals surface area contributed by atoms with Crippen molar-refractivity contribution in [1.82, 2.24) is 20.5 Å². The third-order valence-electron chi connectivity index (χ3n) is 8.78. The lowest BCUT2D eigenvalue weighted by Crippen LogP contribution is -2.61. The zero-order valence-electron chi connectivity index (χ0n) is 23.4. The van der Waals surface area contributed by atoms with Crippen LogP contribution in [-0.2, 0) is 0 Å². The summed E-state index contributed by atoms with van der Waals surface area (Å²) in [5.74, 6) is 0.706. The van der Waals surface area contributed by atoms with E-state index in [1.54, 1.807) is 25.3 Å². The summed E-state index contributed by atoms with van der Waals surface area (Å²) in [4.78, 5) is 46.9. The first-order valence-corrected chi connectivity index (χ1v) is 14.1. The second kappa shape index (κ2) is 11.0. The maximum atomic E-state index is 13.2. The Balaban J connectivity index is 1.20. The maximum Gasteiger partial charge on any atom is 0.253 e. The molecule has 39 heavy (non-hydrogen) atoms. The van der Waals surface area contributed by atoms with E-state index in [1.165, 1.54) is 0 Å². The molecule has 0 radical (unpaired) electrons. The van der Waals surface area contributed by atoms with Crippen molar-refractivity contribution < 1.29 is 14.4 Å². The summed E-state index contributed by atoms with van der Waals surface area (Å²) in [7, 11) is 0. The monoisotopic (exact) mass is 532 g/mol. The van der Waals surface area contributed by atoms with E-state index in [4.69, 9.17) is 5.73 Å². The van der Waals surface area contributed by atoms with E-state index < -0.39 is 5.91 Å². The van der Waals surface area contributed by atoms with Crippen LogP contribution in [0.3, 0.4) is 0 Å². The standard InChI is InChI=1S/C30H40N6O3/c1-17(2)35-15-23(16-35)34-29(38)21-6-8-27(32-14-21)36-10-9-22(13-20-5-7-26(20)36)33-30(39)25-12-18(3)24(28(31)37)11-19(25)4/h6,8,11-12,14,17,20,22-23,26H,5,7,9-10,13,15-16H2,1-4H3,(H2,31,37)(H,33,39)(H,34,38). The van der Waals surface area contributed by atoms with Gasteiger partial charge in [-0.3, -0.25) is 19.3 Å². The highest BCUT2D eigenvalue weighted by atomic mass is 16.2. The molecule has 0 spiro atoms. The van der Waals surface area contributed by atoms with Crippen LogP contribution in [0.1, 0.15) is 81.7 Å². The van der Waals surface area contributed by atoms with E-state index in [2.05, 4.69) is 39.3 Å². The smallest absolute Gasteiger partial charge is 0.253 e. The molecule has 2 aliphatic heterocycles. The van der Waals surface area contributed by atoms with Crippen molar-refractivity contribution in [3.05, 3.63) is 58.3 Å². The number of nitrogens with two attached hydrogens (primary N) is 1. The number of hydrogen-bond donors (Lipinski definition) is 3. The average Bonchev–Trinajstić information content (AvgIpc) is 2.97. The van der Waals surface area contributed by atoms with E-state index in [1.807, 2.05) is 19.1 Å². The molecule has 5 rings (SSSR count). The molecule has 3 unspecified atom stereocenters. The molecule has 208 valence electrons. The Hall–Kier alpha value is -3.46. The first kappa shape index (κ1) is 27.1. The Morgan fingerprint density at radius 1 is 0.949 bits per heavy atom. The molecule has 3 fully saturated rings. The summed E-state index contributed by atoms with van der Waals surface area (Å²) in [6.45, 7) is 10.5. The summed E-state index contributed by atoms with van der Waals surface area (Å²) in [6.07, 6.45) is 5.67. The maximum absolute atomic E-state index is 13.2. The fraction of sp³-hybridized carbons (Fsp3) is 0.533. The van der Waals surface area contributed by atoms with E-state index in [-0.39, 0.29) is 23.9 Å². The van der Waals surface area contributed by atoms with Crippen molar-refractivity contribution in [3.63, 3.8) is 0 Å². The molecular weight excluding hydrogens is 492 g/mol. The van der Waals surface area contributed by atoms with E-state index >= 15 is 0 Å². The second-order valence-corrected chi connectivity index (χ2v) is 11.8. The van der Waals surface area contributed by atoms with Crippen LogP contribution in [0, 0.1) is 19.8 Å². The predicted octanol–water partition coefficient (Wildman–Crippen LogP) is 2.80. The molecule has 1 aromatic heterocycles. The minimum Gasteiger partial charge on any atom is -0.366 e. The van der Waals surface area contributed by atoms with E-state index in [0.717, 1.165) is 56.7 Å². The molecule has 1 saturated carbocycles. The summed E-state index contributed by atoms with van der Waals surface area (Å²) in [5.41, 5.74) is 8.53. The number of pyridine rings is 1. The lowest BCUT2D eigenvalue weighted by atomic mass is 9.76. The lowest BCUT2D eigenvalue weighted by molar-refractivity contribution is 0.0713. The molecule has 4 N–H and O–H groups in total. The number of rotatable bonds is 7. The third kappa shape index (κ3) is 5.64. The topological polar surface area (TPSA) is 121 Å². The lowest BCUT2D eigenvalue weighted by Gasteiger charge is -2.43. The van der Waals surface area contributed by atoms with Gasteiger partial charge < -0.3 is 21.3 Å². The van der Waals surface area contributed by atoms with Gasteiger partial charge >= 0.3 is 0 Å². The number of benzene rings is 1.